The van der Waals surface area contributed by atoms with Crippen molar-refractivity contribution in [2.24, 2.45) is 0 Å². The molecule has 1 fully saturated rings. The Morgan fingerprint density at radius 2 is 1.95 bits per heavy atom. The van der Waals surface area contributed by atoms with E-state index in [2.05, 4.69) is 10.6 Å². The second-order valence-corrected chi connectivity index (χ2v) is 4.50. The molecule has 1 aromatic carbocycles. The summed E-state index contributed by atoms with van der Waals surface area (Å²) in [5.74, 6) is -0.871. The molecule has 3 atom stereocenters. The number of hydrogen-bond donors (Lipinski definition) is 4. The van der Waals surface area contributed by atoms with Crippen molar-refractivity contribution in [2.75, 3.05) is 11.9 Å². The molecule has 0 unspecified atom stereocenters. The summed E-state index contributed by atoms with van der Waals surface area (Å²) in [7, 11) is 0. The van der Waals surface area contributed by atoms with E-state index in [4.69, 9.17) is 0 Å². The molecule has 0 radical (unpaired) electrons. The van der Waals surface area contributed by atoms with Crippen molar-refractivity contribution in [3.8, 4) is 0 Å². The molecule has 1 amide bonds. The highest BCUT2D eigenvalue weighted by Gasteiger charge is 2.38. The van der Waals surface area contributed by atoms with Gasteiger partial charge in [-0.05, 0) is 12.1 Å². The van der Waals surface area contributed by atoms with Gasteiger partial charge in [-0.2, -0.15) is 0 Å². The van der Waals surface area contributed by atoms with E-state index in [0.717, 1.165) is 0 Å². The van der Waals surface area contributed by atoms with Crippen molar-refractivity contribution in [1.82, 2.24) is 5.32 Å². The van der Waals surface area contributed by atoms with Gasteiger partial charge < -0.3 is 20.8 Å². The van der Waals surface area contributed by atoms with Gasteiger partial charge >= 0.3 is 0 Å². The van der Waals surface area contributed by atoms with Gasteiger partial charge in [-0.25, -0.2) is 0 Å². The van der Waals surface area contributed by atoms with E-state index in [9.17, 15) is 19.8 Å². The normalized spacial score (nSPS) is 26.1. The molecule has 6 heteroatoms. The van der Waals surface area contributed by atoms with Gasteiger partial charge in [-0.1, -0.05) is 18.2 Å². The molecule has 2 rings (SSSR count). The lowest BCUT2D eigenvalue weighted by Gasteiger charge is -2.14. The number of para-hydroxylation sites is 1. The van der Waals surface area contributed by atoms with E-state index in [-0.39, 0.29) is 13.0 Å². The Kier molecular flexibility index (Phi) is 4.26. The van der Waals surface area contributed by atoms with Crippen LogP contribution in [0.25, 0.3) is 0 Å². The van der Waals surface area contributed by atoms with Crippen LogP contribution in [0.3, 0.4) is 0 Å². The fourth-order valence-electron chi connectivity index (χ4n) is 2.01. The van der Waals surface area contributed by atoms with Gasteiger partial charge in [0.15, 0.2) is 5.78 Å². The largest absolute Gasteiger partial charge is 0.389 e. The number of aliphatic hydroxyl groups excluding tert-OH is 2. The van der Waals surface area contributed by atoms with Gasteiger partial charge in [-0.15, -0.1) is 0 Å². The lowest BCUT2D eigenvalue weighted by Crippen LogP contribution is -2.41. The average Bonchev–Trinajstić information content (AvgIpc) is 2.71. The van der Waals surface area contributed by atoms with Crippen LogP contribution in [0.2, 0.25) is 0 Å². The van der Waals surface area contributed by atoms with Crippen molar-refractivity contribution >= 4 is 17.4 Å². The molecule has 0 aliphatic carbocycles. The number of hydrogen-bond acceptors (Lipinski definition) is 5. The second-order valence-electron chi connectivity index (χ2n) is 4.50. The number of amides is 1. The number of nitrogens with one attached hydrogen (secondary N) is 2. The maximum atomic E-state index is 11.8. The number of aliphatic hydroxyl groups is 2. The maximum absolute atomic E-state index is 11.8. The van der Waals surface area contributed by atoms with Crippen LogP contribution in [0, 0.1) is 0 Å². The Morgan fingerprint density at radius 3 is 2.53 bits per heavy atom. The fraction of sp³-hybridized carbons (Fsp3) is 0.385. The van der Waals surface area contributed by atoms with Crippen molar-refractivity contribution < 1.29 is 19.8 Å². The fourth-order valence-corrected chi connectivity index (χ4v) is 2.01. The summed E-state index contributed by atoms with van der Waals surface area (Å²) in [5.41, 5.74) is 0.611. The summed E-state index contributed by atoms with van der Waals surface area (Å²) in [6, 6.07) is 7.92. The summed E-state index contributed by atoms with van der Waals surface area (Å²) in [4.78, 5) is 23.5. The van der Waals surface area contributed by atoms with Gasteiger partial charge in [0, 0.05) is 12.2 Å². The highest BCUT2D eigenvalue weighted by Crippen LogP contribution is 2.11. The van der Waals surface area contributed by atoms with Crippen molar-refractivity contribution in [2.45, 2.75) is 24.7 Å². The van der Waals surface area contributed by atoms with E-state index < -0.39 is 29.9 Å². The Morgan fingerprint density at radius 1 is 1.26 bits per heavy atom. The van der Waals surface area contributed by atoms with Gasteiger partial charge in [0.25, 0.3) is 0 Å². The molecule has 0 saturated carbocycles. The van der Waals surface area contributed by atoms with E-state index in [1.54, 1.807) is 24.3 Å². The minimum atomic E-state index is -1.16. The third-order valence-electron chi connectivity index (χ3n) is 3.02. The van der Waals surface area contributed by atoms with E-state index >= 15 is 0 Å². The second kappa shape index (κ2) is 5.92. The molecule has 1 aromatic rings. The number of carbonyl (C=O) groups is 2. The Balaban J connectivity index is 1.87. The highest BCUT2D eigenvalue weighted by molar-refractivity contribution is 6.06. The van der Waals surface area contributed by atoms with Gasteiger partial charge in [0.05, 0.1) is 18.6 Å². The summed E-state index contributed by atoms with van der Waals surface area (Å²) in [6.07, 6.45) is -2.46. The summed E-state index contributed by atoms with van der Waals surface area (Å²) in [6.45, 7) is 0.151. The Labute approximate surface area is 110 Å². The predicted molar refractivity (Wildman–Crippen MR) is 68.5 cm³/mol. The van der Waals surface area contributed by atoms with E-state index in [0.29, 0.717) is 5.69 Å². The van der Waals surface area contributed by atoms with Crippen LogP contribution in [0.15, 0.2) is 30.3 Å². The summed E-state index contributed by atoms with van der Waals surface area (Å²) in [5, 5.41) is 24.2. The number of ketones is 1. The SMILES string of the molecule is O=C(CC(=O)[C@H]1NC[C@H](O)[C@H]1O)Nc1ccccc1. The first-order chi connectivity index (χ1) is 9.08. The average molecular weight is 264 g/mol. The smallest absolute Gasteiger partial charge is 0.231 e. The molecule has 0 spiro atoms. The molecule has 1 aliphatic heterocycles. The molecule has 0 bridgehead atoms. The molecule has 102 valence electrons. The number of anilines is 1. The number of Topliss-reactive ketones (excluding diaryl/α,β-unsaturated/α-hetero) is 1. The van der Waals surface area contributed by atoms with Crippen LogP contribution in [-0.4, -0.2) is 46.7 Å². The minimum absolute atomic E-state index is 0.151. The van der Waals surface area contributed by atoms with Gasteiger partial charge in [0.2, 0.25) is 5.91 Å². The van der Waals surface area contributed by atoms with E-state index in [1.807, 2.05) is 6.07 Å². The first kappa shape index (κ1) is 13.7. The zero-order valence-electron chi connectivity index (χ0n) is 10.2. The summed E-state index contributed by atoms with van der Waals surface area (Å²) >= 11 is 0. The number of rotatable bonds is 4. The monoisotopic (exact) mass is 264 g/mol. The lowest BCUT2D eigenvalue weighted by molar-refractivity contribution is -0.128. The highest BCUT2D eigenvalue weighted by atomic mass is 16.3. The Bertz CT molecular complexity index is 463. The molecule has 0 aromatic heterocycles. The van der Waals surface area contributed by atoms with Crippen LogP contribution >= 0.6 is 0 Å². The van der Waals surface area contributed by atoms with Crippen LogP contribution in [0.1, 0.15) is 6.42 Å². The van der Waals surface area contributed by atoms with Gasteiger partial charge in [-0.3, -0.25) is 9.59 Å². The quantitative estimate of drug-likeness (QED) is 0.538. The molecule has 4 N–H and O–H groups in total. The number of β-amino-alcohol motifs (C(OH)–C–C–N with tert-alkyl or cyclic N) is 1. The molecule has 1 aliphatic rings. The first-order valence-electron chi connectivity index (χ1n) is 6.05. The third kappa shape index (κ3) is 3.37. The maximum Gasteiger partial charge on any atom is 0.231 e. The van der Waals surface area contributed by atoms with Crippen LogP contribution in [0.4, 0.5) is 5.69 Å². The van der Waals surface area contributed by atoms with Crippen molar-refractivity contribution in [1.29, 1.82) is 0 Å². The van der Waals surface area contributed by atoms with Crippen molar-refractivity contribution in [3.05, 3.63) is 30.3 Å². The van der Waals surface area contributed by atoms with Crippen LogP contribution in [-0.2, 0) is 9.59 Å². The first-order valence-corrected chi connectivity index (χ1v) is 6.05. The van der Waals surface area contributed by atoms with Crippen molar-refractivity contribution in [3.63, 3.8) is 0 Å². The minimum Gasteiger partial charge on any atom is -0.389 e. The molecule has 19 heavy (non-hydrogen) atoms. The topological polar surface area (TPSA) is 98.7 Å². The van der Waals surface area contributed by atoms with Gasteiger partial charge in [0.1, 0.15) is 6.10 Å². The van der Waals surface area contributed by atoms with E-state index in [1.165, 1.54) is 0 Å². The Hall–Kier alpha value is -1.76. The predicted octanol–water partition coefficient (Wildman–Crippen LogP) is -0.722. The molecular formula is C13H16N2O4. The zero-order valence-corrected chi connectivity index (χ0v) is 10.2. The molecule has 6 nitrogen and oxygen atoms in total. The molecular weight excluding hydrogens is 248 g/mol. The standard InChI is InChI=1S/C13H16N2O4/c16-9(12-13(19)10(17)7-14-12)6-11(18)15-8-4-2-1-3-5-8/h1-5,10,12-14,17,19H,6-7H2,(H,15,18)/t10-,12+,13+/m0/s1. The van der Waals surface area contributed by atoms with Crippen LogP contribution < -0.4 is 10.6 Å². The zero-order chi connectivity index (χ0) is 13.8. The molecule has 1 saturated heterocycles. The number of carbonyl (C=O) groups excluding carboxylic acids is 2. The molecule has 1 heterocycles. The summed E-state index contributed by atoms with van der Waals surface area (Å²) < 4.78 is 0. The number of benzene rings is 1. The lowest BCUT2D eigenvalue weighted by atomic mass is 10.0. The third-order valence-corrected chi connectivity index (χ3v) is 3.02. The van der Waals surface area contributed by atoms with Crippen LogP contribution in [0.5, 0.6) is 0 Å².